The minimum atomic E-state index is -4.59. The zero-order valence-electron chi connectivity index (χ0n) is 25.8. The highest BCUT2D eigenvalue weighted by molar-refractivity contribution is 7.47. The number of phosphoric acid groups is 1. The first-order chi connectivity index (χ1) is 19.7. The van der Waals surface area contributed by atoms with Crippen molar-refractivity contribution in [1.82, 2.24) is 0 Å². The van der Waals surface area contributed by atoms with Gasteiger partial charge in [-0.25, -0.2) is 4.57 Å². The van der Waals surface area contributed by atoms with Crippen molar-refractivity contribution >= 4 is 19.8 Å². The fraction of sp³-hybridized carbons (Fsp3) is 0.933. The van der Waals surface area contributed by atoms with E-state index < -0.39 is 51.8 Å². The van der Waals surface area contributed by atoms with E-state index >= 15 is 0 Å². The highest BCUT2D eigenvalue weighted by Gasteiger charge is 2.27. The van der Waals surface area contributed by atoms with Crippen LogP contribution < -0.4 is 0 Å². The first-order valence-electron chi connectivity index (χ1n) is 16.0. The fourth-order valence-electron chi connectivity index (χ4n) is 4.23. The van der Waals surface area contributed by atoms with E-state index in [9.17, 15) is 24.2 Å². The monoisotopic (exact) mass is 610 g/mol. The van der Waals surface area contributed by atoms with Gasteiger partial charge in [-0.1, -0.05) is 117 Å². The molecule has 0 spiro atoms. The number of phosphoric ester groups is 1. The van der Waals surface area contributed by atoms with E-state index in [0.29, 0.717) is 12.8 Å². The second kappa shape index (κ2) is 27.8. The van der Waals surface area contributed by atoms with Crippen LogP contribution in [0.1, 0.15) is 142 Å². The molecule has 3 N–H and O–H groups in total. The first-order valence-corrected chi connectivity index (χ1v) is 17.5. The van der Waals surface area contributed by atoms with Crippen LogP contribution in [0, 0.1) is 0 Å². The van der Waals surface area contributed by atoms with Crippen LogP contribution in [0.2, 0.25) is 0 Å². The molecular weight excluding hydrogens is 551 g/mol. The topological polar surface area (TPSA) is 149 Å². The van der Waals surface area contributed by atoms with Gasteiger partial charge < -0.3 is 24.6 Å². The van der Waals surface area contributed by atoms with Crippen molar-refractivity contribution in [2.75, 3.05) is 26.4 Å². The molecule has 0 aromatic rings. The summed E-state index contributed by atoms with van der Waals surface area (Å²) in [5.41, 5.74) is 0. The molecule has 0 saturated heterocycles. The predicted molar refractivity (Wildman–Crippen MR) is 159 cm³/mol. The molecule has 0 saturated carbocycles. The van der Waals surface area contributed by atoms with Gasteiger partial charge >= 0.3 is 19.8 Å². The summed E-state index contributed by atoms with van der Waals surface area (Å²) in [5, 5.41) is 18.1. The first kappa shape index (κ1) is 40.0. The molecule has 0 aromatic carbocycles. The molecule has 0 heterocycles. The molecule has 0 amide bonds. The second-order valence-electron chi connectivity index (χ2n) is 10.8. The van der Waals surface area contributed by atoms with Crippen molar-refractivity contribution in [1.29, 1.82) is 0 Å². The Kier molecular flexibility index (Phi) is 27.1. The van der Waals surface area contributed by atoms with Crippen molar-refractivity contribution in [2.45, 2.75) is 154 Å². The van der Waals surface area contributed by atoms with Crippen molar-refractivity contribution < 1.29 is 47.8 Å². The Labute approximate surface area is 248 Å². The number of aliphatic hydroxyl groups is 2. The molecular formula is C30H59O10P. The lowest BCUT2D eigenvalue weighted by atomic mass is 10.0. The summed E-state index contributed by atoms with van der Waals surface area (Å²) in [7, 11) is -4.59. The van der Waals surface area contributed by atoms with Crippen LogP contribution in [-0.2, 0) is 32.7 Å². The number of aliphatic hydroxyl groups excluding tert-OH is 2. The van der Waals surface area contributed by atoms with Crippen LogP contribution in [0.25, 0.3) is 0 Å². The highest BCUT2D eigenvalue weighted by atomic mass is 31.2. The van der Waals surface area contributed by atoms with Gasteiger partial charge in [0.25, 0.3) is 0 Å². The maximum Gasteiger partial charge on any atom is 0.472 e. The SMILES string of the molecule is CCCCCCCCCCCCCCCC(=O)OC(COC(=O)CCCCCCC)COP(=O)(O)OCC(O)CO. The smallest absolute Gasteiger partial charge is 0.462 e. The molecule has 0 aromatic heterocycles. The fourth-order valence-corrected chi connectivity index (χ4v) is 5.02. The summed E-state index contributed by atoms with van der Waals surface area (Å²) < 4.78 is 32.2. The van der Waals surface area contributed by atoms with E-state index in [0.717, 1.165) is 44.9 Å². The van der Waals surface area contributed by atoms with Crippen LogP contribution in [0.15, 0.2) is 0 Å². The summed E-state index contributed by atoms with van der Waals surface area (Å²) in [5.74, 6) is -0.935. The highest BCUT2D eigenvalue weighted by Crippen LogP contribution is 2.43. The number of hydrogen-bond donors (Lipinski definition) is 3. The van der Waals surface area contributed by atoms with E-state index in [1.54, 1.807) is 0 Å². The van der Waals surface area contributed by atoms with Gasteiger partial charge in [-0.2, -0.15) is 0 Å². The molecule has 3 atom stereocenters. The average molecular weight is 611 g/mol. The zero-order chi connectivity index (χ0) is 30.6. The number of unbranched alkanes of at least 4 members (excludes halogenated alkanes) is 16. The van der Waals surface area contributed by atoms with Crippen molar-refractivity contribution in [3.63, 3.8) is 0 Å². The van der Waals surface area contributed by atoms with Crippen LogP contribution >= 0.6 is 7.82 Å². The number of carbonyl (C=O) groups excluding carboxylic acids is 2. The van der Waals surface area contributed by atoms with Gasteiger partial charge in [-0.3, -0.25) is 18.6 Å². The van der Waals surface area contributed by atoms with E-state index in [2.05, 4.69) is 18.4 Å². The molecule has 0 aliphatic heterocycles. The van der Waals surface area contributed by atoms with Gasteiger partial charge in [0.2, 0.25) is 0 Å². The third-order valence-corrected chi connectivity index (χ3v) is 7.71. The second-order valence-corrected chi connectivity index (χ2v) is 12.3. The molecule has 0 rings (SSSR count). The maximum atomic E-state index is 12.4. The minimum Gasteiger partial charge on any atom is -0.462 e. The minimum absolute atomic E-state index is 0.190. The van der Waals surface area contributed by atoms with Gasteiger partial charge in [-0.15, -0.1) is 0 Å². The predicted octanol–water partition coefficient (Wildman–Crippen LogP) is 6.77. The summed E-state index contributed by atoms with van der Waals surface area (Å²) in [6.45, 7) is 2.25. The lowest BCUT2D eigenvalue weighted by Gasteiger charge is -2.20. The van der Waals surface area contributed by atoms with Crippen LogP contribution in [0.3, 0.4) is 0 Å². The molecule has 0 aliphatic rings. The Morgan fingerprint density at radius 2 is 1.05 bits per heavy atom. The Balaban J connectivity index is 4.36. The maximum absolute atomic E-state index is 12.4. The standard InChI is InChI=1S/C30H59O10P/c1-3-5-7-9-10-11-12-13-14-15-16-18-20-22-30(34)40-28(25-37-29(33)21-19-17-8-6-4-2)26-39-41(35,36)38-24-27(32)23-31/h27-28,31-32H,3-26H2,1-2H3,(H,35,36). The third-order valence-electron chi connectivity index (χ3n) is 6.76. The normalized spacial score (nSPS) is 14.4. The van der Waals surface area contributed by atoms with Crippen LogP contribution in [0.5, 0.6) is 0 Å². The molecule has 0 fully saturated rings. The lowest BCUT2D eigenvalue weighted by Crippen LogP contribution is -2.29. The third kappa shape index (κ3) is 27.5. The molecule has 0 aliphatic carbocycles. The number of carbonyl (C=O) groups is 2. The lowest BCUT2D eigenvalue weighted by molar-refractivity contribution is -0.161. The van der Waals surface area contributed by atoms with Gasteiger partial charge in [0.15, 0.2) is 6.10 Å². The van der Waals surface area contributed by atoms with Crippen LogP contribution in [-0.4, -0.2) is 65.7 Å². The molecule has 41 heavy (non-hydrogen) atoms. The van der Waals surface area contributed by atoms with Crippen molar-refractivity contribution in [2.24, 2.45) is 0 Å². The Morgan fingerprint density at radius 3 is 1.51 bits per heavy atom. The Bertz CT molecular complexity index is 676. The van der Waals surface area contributed by atoms with E-state index in [-0.39, 0.29) is 19.4 Å². The van der Waals surface area contributed by atoms with E-state index in [4.69, 9.17) is 19.1 Å². The van der Waals surface area contributed by atoms with Crippen molar-refractivity contribution in [3.05, 3.63) is 0 Å². The van der Waals surface area contributed by atoms with E-state index in [1.807, 2.05) is 0 Å². The molecule has 0 bridgehead atoms. The molecule has 3 unspecified atom stereocenters. The zero-order valence-corrected chi connectivity index (χ0v) is 26.7. The summed E-state index contributed by atoms with van der Waals surface area (Å²) in [6.07, 6.45) is 18.4. The van der Waals surface area contributed by atoms with Gasteiger partial charge in [0.1, 0.15) is 12.7 Å². The summed E-state index contributed by atoms with van der Waals surface area (Å²) in [4.78, 5) is 34.3. The van der Waals surface area contributed by atoms with Gasteiger partial charge in [-0.05, 0) is 12.8 Å². The molecule has 0 radical (unpaired) electrons. The number of ether oxygens (including phenoxy) is 2. The van der Waals surface area contributed by atoms with Crippen molar-refractivity contribution in [3.8, 4) is 0 Å². The Hall–Kier alpha value is -1.03. The van der Waals surface area contributed by atoms with Gasteiger partial charge in [0.05, 0.1) is 19.8 Å². The van der Waals surface area contributed by atoms with Gasteiger partial charge in [0, 0.05) is 12.8 Å². The quantitative estimate of drug-likeness (QED) is 0.0452. The molecule has 11 heteroatoms. The number of rotatable bonds is 30. The van der Waals surface area contributed by atoms with Crippen LogP contribution in [0.4, 0.5) is 0 Å². The molecule has 244 valence electrons. The number of esters is 2. The summed E-state index contributed by atoms with van der Waals surface area (Å²) >= 11 is 0. The largest absolute Gasteiger partial charge is 0.472 e. The Morgan fingerprint density at radius 1 is 0.634 bits per heavy atom. The molecule has 10 nitrogen and oxygen atoms in total. The number of hydrogen-bond acceptors (Lipinski definition) is 9. The van der Waals surface area contributed by atoms with E-state index in [1.165, 1.54) is 57.8 Å². The summed E-state index contributed by atoms with van der Waals surface area (Å²) in [6, 6.07) is 0. The average Bonchev–Trinajstić information content (AvgIpc) is 2.95.